The molecule has 0 atom stereocenters. The highest BCUT2D eigenvalue weighted by atomic mass is 35.5. The van der Waals surface area contributed by atoms with Gasteiger partial charge in [-0.1, -0.05) is 11.6 Å². The summed E-state index contributed by atoms with van der Waals surface area (Å²) in [6.07, 6.45) is 1.51. The maximum Gasteiger partial charge on any atom is 0.316 e. The Morgan fingerprint density at radius 2 is 2.04 bits per heavy atom. The predicted molar refractivity (Wildman–Crippen MR) is 97.0 cm³/mol. The summed E-state index contributed by atoms with van der Waals surface area (Å²) in [5, 5.41) is 2.69. The Bertz CT molecular complexity index is 817. The Morgan fingerprint density at radius 3 is 2.85 bits per heavy atom. The van der Waals surface area contributed by atoms with E-state index < -0.39 is 18.5 Å². The van der Waals surface area contributed by atoms with Gasteiger partial charge < -0.3 is 19.5 Å². The fourth-order valence-corrected chi connectivity index (χ4v) is 3.00. The lowest BCUT2D eigenvalue weighted by atomic mass is 10.3. The molecule has 136 valence electrons. The molecule has 1 aliphatic rings. The molecule has 9 heteroatoms. The number of thioether (sulfide) groups is 1. The number of amides is 1. The molecule has 0 bridgehead atoms. The first-order valence-corrected chi connectivity index (χ1v) is 9.06. The summed E-state index contributed by atoms with van der Waals surface area (Å²) in [6.45, 7) is 0.628. The number of hydrogen-bond donors (Lipinski definition) is 1. The van der Waals surface area contributed by atoms with E-state index in [1.807, 2.05) is 12.1 Å². The largest absolute Gasteiger partial charge is 0.486 e. The minimum atomic E-state index is -0.502. The Hall–Kier alpha value is -2.45. The van der Waals surface area contributed by atoms with E-state index in [4.69, 9.17) is 25.8 Å². The zero-order valence-electron chi connectivity index (χ0n) is 13.6. The van der Waals surface area contributed by atoms with Crippen LogP contribution in [0.25, 0.3) is 0 Å². The molecule has 2 heterocycles. The number of pyridine rings is 1. The van der Waals surface area contributed by atoms with Gasteiger partial charge in [0.2, 0.25) is 0 Å². The summed E-state index contributed by atoms with van der Waals surface area (Å²) < 4.78 is 15.9. The molecule has 1 aliphatic heterocycles. The molecule has 0 saturated carbocycles. The first-order chi connectivity index (χ1) is 12.6. The van der Waals surface area contributed by atoms with Gasteiger partial charge in [-0.25, -0.2) is 4.98 Å². The fourth-order valence-electron chi connectivity index (χ4n) is 2.11. The molecule has 0 spiro atoms. The van der Waals surface area contributed by atoms with Crippen LogP contribution < -0.4 is 14.8 Å². The van der Waals surface area contributed by atoms with Crippen LogP contribution in [-0.4, -0.2) is 42.4 Å². The molecule has 1 amide bonds. The zero-order valence-corrected chi connectivity index (χ0v) is 15.1. The predicted octanol–water partition coefficient (Wildman–Crippen LogP) is 2.78. The second-order valence-corrected chi connectivity index (χ2v) is 6.55. The van der Waals surface area contributed by atoms with Gasteiger partial charge in [0.15, 0.2) is 23.3 Å². The molecule has 26 heavy (non-hydrogen) atoms. The van der Waals surface area contributed by atoms with E-state index in [0.717, 1.165) is 4.90 Å². The Morgan fingerprint density at radius 1 is 1.23 bits per heavy atom. The van der Waals surface area contributed by atoms with Crippen molar-refractivity contribution in [1.82, 2.24) is 4.98 Å². The van der Waals surface area contributed by atoms with Crippen molar-refractivity contribution in [2.24, 2.45) is 0 Å². The second-order valence-electron chi connectivity index (χ2n) is 5.14. The van der Waals surface area contributed by atoms with Gasteiger partial charge in [0, 0.05) is 11.1 Å². The molecule has 1 aromatic carbocycles. The summed E-state index contributed by atoms with van der Waals surface area (Å²) in [5.41, 5.74) is 0.362. The van der Waals surface area contributed by atoms with E-state index in [9.17, 15) is 9.59 Å². The highest BCUT2D eigenvalue weighted by Crippen LogP contribution is 2.34. The molecule has 2 aromatic rings. The van der Waals surface area contributed by atoms with Gasteiger partial charge in [-0.05, 0) is 30.3 Å². The molecule has 7 nitrogen and oxygen atoms in total. The monoisotopic (exact) mass is 394 g/mol. The van der Waals surface area contributed by atoms with Gasteiger partial charge in [-0.3, -0.25) is 9.59 Å². The number of ether oxygens (including phenoxy) is 3. The molecule has 0 fully saturated rings. The van der Waals surface area contributed by atoms with Gasteiger partial charge in [-0.2, -0.15) is 0 Å². The Kier molecular flexibility index (Phi) is 6.19. The van der Waals surface area contributed by atoms with Crippen molar-refractivity contribution in [2.75, 3.05) is 30.9 Å². The van der Waals surface area contributed by atoms with Crippen molar-refractivity contribution in [3.05, 3.63) is 41.7 Å². The standard InChI is InChI=1S/C17H15ClN2O5S/c18-17-12(2-1-5-19-17)20-15(21)9-25-16(22)10-26-11-3-4-13-14(8-11)24-7-6-23-13/h1-5,8H,6-7,9-10H2,(H,20,21). The topological polar surface area (TPSA) is 86.8 Å². The number of nitrogens with zero attached hydrogens (tertiary/aromatic N) is 1. The summed E-state index contributed by atoms with van der Waals surface area (Å²) in [5.74, 6) is 0.423. The molecule has 1 N–H and O–H groups in total. The number of halogens is 1. The van der Waals surface area contributed by atoms with Gasteiger partial charge in [0.05, 0.1) is 11.4 Å². The van der Waals surface area contributed by atoms with Crippen molar-refractivity contribution in [3.8, 4) is 11.5 Å². The van der Waals surface area contributed by atoms with E-state index in [2.05, 4.69) is 10.3 Å². The van der Waals surface area contributed by atoms with E-state index in [1.54, 1.807) is 18.2 Å². The average molecular weight is 395 g/mol. The minimum absolute atomic E-state index is 0.0700. The Labute approximate surface area is 159 Å². The van der Waals surface area contributed by atoms with Crippen LogP contribution in [0.15, 0.2) is 41.4 Å². The molecule has 0 radical (unpaired) electrons. The summed E-state index contributed by atoms with van der Waals surface area (Å²) >= 11 is 7.13. The molecular weight excluding hydrogens is 380 g/mol. The number of carbonyl (C=O) groups is 2. The van der Waals surface area contributed by atoms with Crippen molar-refractivity contribution < 1.29 is 23.8 Å². The molecule has 3 rings (SSSR count). The quantitative estimate of drug-likeness (QED) is 0.458. The lowest BCUT2D eigenvalue weighted by molar-refractivity contribution is -0.144. The second kappa shape index (κ2) is 8.77. The maximum atomic E-state index is 11.8. The van der Waals surface area contributed by atoms with Crippen LogP contribution in [0.1, 0.15) is 0 Å². The third-order valence-electron chi connectivity index (χ3n) is 3.27. The van der Waals surface area contributed by atoms with Crippen molar-refractivity contribution >= 4 is 40.9 Å². The number of carbonyl (C=O) groups excluding carboxylic acids is 2. The fraction of sp³-hybridized carbons (Fsp3) is 0.235. The smallest absolute Gasteiger partial charge is 0.316 e. The number of nitrogens with one attached hydrogen (secondary N) is 1. The van der Waals surface area contributed by atoms with Crippen LogP contribution in [0.3, 0.4) is 0 Å². The summed E-state index contributed by atoms with van der Waals surface area (Å²) in [6, 6.07) is 8.68. The number of fused-ring (bicyclic) bond motifs is 1. The van der Waals surface area contributed by atoms with Crippen LogP contribution in [0.4, 0.5) is 5.69 Å². The molecule has 0 unspecified atom stereocenters. The Balaban J connectivity index is 1.43. The number of rotatable bonds is 6. The average Bonchev–Trinajstić information content (AvgIpc) is 2.66. The third kappa shape index (κ3) is 5.03. The number of aromatic nitrogens is 1. The van der Waals surface area contributed by atoms with Crippen LogP contribution in [-0.2, 0) is 14.3 Å². The van der Waals surface area contributed by atoms with E-state index in [-0.39, 0.29) is 10.9 Å². The van der Waals surface area contributed by atoms with E-state index in [0.29, 0.717) is 30.4 Å². The zero-order chi connectivity index (χ0) is 18.4. The number of anilines is 1. The highest BCUT2D eigenvalue weighted by molar-refractivity contribution is 8.00. The van der Waals surface area contributed by atoms with E-state index in [1.165, 1.54) is 18.0 Å². The van der Waals surface area contributed by atoms with Crippen LogP contribution in [0.5, 0.6) is 11.5 Å². The van der Waals surface area contributed by atoms with Crippen LogP contribution in [0, 0.1) is 0 Å². The molecule has 0 aliphatic carbocycles. The van der Waals surface area contributed by atoms with Crippen molar-refractivity contribution in [2.45, 2.75) is 4.90 Å². The van der Waals surface area contributed by atoms with Gasteiger partial charge in [0.1, 0.15) is 13.2 Å². The lowest BCUT2D eigenvalue weighted by Gasteiger charge is -2.18. The van der Waals surface area contributed by atoms with E-state index >= 15 is 0 Å². The summed E-state index contributed by atoms with van der Waals surface area (Å²) in [7, 11) is 0. The van der Waals surface area contributed by atoms with Crippen molar-refractivity contribution in [1.29, 1.82) is 0 Å². The molecule has 1 aromatic heterocycles. The van der Waals surface area contributed by atoms with Gasteiger partial charge in [0.25, 0.3) is 5.91 Å². The molecular formula is C17H15ClN2O5S. The summed E-state index contributed by atoms with van der Waals surface area (Å²) in [4.78, 5) is 28.3. The number of benzene rings is 1. The number of esters is 1. The third-order valence-corrected chi connectivity index (χ3v) is 4.54. The SMILES string of the molecule is O=C(COC(=O)CSc1ccc2c(c1)OCCO2)Nc1cccnc1Cl. The normalized spacial score (nSPS) is 12.3. The van der Waals surface area contributed by atoms with Gasteiger partial charge in [-0.15, -0.1) is 11.8 Å². The highest BCUT2D eigenvalue weighted by Gasteiger charge is 2.14. The molecule has 0 saturated heterocycles. The first kappa shape index (κ1) is 18.3. The maximum absolute atomic E-state index is 11.8. The first-order valence-electron chi connectivity index (χ1n) is 7.70. The van der Waals surface area contributed by atoms with Crippen LogP contribution >= 0.6 is 23.4 Å². The minimum Gasteiger partial charge on any atom is -0.486 e. The van der Waals surface area contributed by atoms with Crippen molar-refractivity contribution in [3.63, 3.8) is 0 Å². The number of hydrogen-bond acceptors (Lipinski definition) is 7. The lowest BCUT2D eigenvalue weighted by Crippen LogP contribution is -2.21. The van der Waals surface area contributed by atoms with Crippen LogP contribution in [0.2, 0.25) is 5.15 Å². The van der Waals surface area contributed by atoms with Gasteiger partial charge >= 0.3 is 5.97 Å².